The minimum atomic E-state index is 0.644. The number of halogens is 1. The van der Waals surface area contributed by atoms with E-state index in [1.807, 2.05) is 0 Å². The average Bonchev–Trinajstić information content (AvgIpc) is 2.22. The van der Waals surface area contributed by atoms with Gasteiger partial charge in [0.1, 0.15) is 0 Å². The SMILES string of the molecule is CC1CCC(Nc2cccc(Br)c2)C(C)C1. The quantitative estimate of drug-likeness (QED) is 0.830. The molecule has 0 aromatic heterocycles. The molecule has 16 heavy (non-hydrogen) atoms. The van der Waals surface area contributed by atoms with Crippen molar-refractivity contribution in [3.8, 4) is 0 Å². The first-order valence-electron chi connectivity index (χ1n) is 6.17. The summed E-state index contributed by atoms with van der Waals surface area (Å²) in [5.41, 5.74) is 1.24. The molecule has 1 N–H and O–H groups in total. The lowest BCUT2D eigenvalue weighted by molar-refractivity contribution is 0.276. The molecule has 1 aromatic carbocycles. The molecule has 2 heteroatoms. The van der Waals surface area contributed by atoms with Crippen LogP contribution >= 0.6 is 15.9 Å². The molecule has 0 aliphatic heterocycles. The van der Waals surface area contributed by atoms with Crippen LogP contribution in [0.5, 0.6) is 0 Å². The molecule has 0 spiro atoms. The van der Waals surface area contributed by atoms with E-state index in [1.165, 1.54) is 24.9 Å². The number of anilines is 1. The highest BCUT2D eigenvalue weighted by atomic mass is 79.9. The first-order valence-corrected chi connectivity index (χ1v) is 6.96. The van der Waals surface area contributed by atoms with E-state index in [0.717, 1.165) is 16.3 Å². The lowest BCUT2D eigenvalue weighted by Crippen LogP contribution is -2.32. The van der Waals surface area contributed by atoms with Crippen molar-refractivity contribution in [2.24, 2.45) is 11.8 Å². The molecule has 3 unspecified atom stereocenters. The average molecular weight is 282 g/mol. The Labute approximate surface area is 107 Å². The summed E-state index contributed by atoms with van der Waals surface area (Å²) >= 11 is 3.51. The Morgan fingerprint density at radius 1 is 1.25 bits per heavy atom. The van der Waals surface area contributed by atoms with Gasteiger partial charge in [-0.25, -0.2) is 0 Å². The number of rotatable bonds is 2. The van der Waals surface area contributed by atoms with Gasteiger partial charge in [0.2, 0.25) is 0 Å². The van der Waals surface area contributed by atoms with Crippen molar-refractivity contribution < 1.29 is 0 Å². The van der Waals surface area contributed by atoms with Crippen molar-refractivity contribution in [2.75, 3.05) is 5.32 Å². The fourth-order valence-corrected chi connectivity index (χ4v) is 3.07. The van der Waals surface area contributed by atoms with E-state index in [1.54, 1.807) is 0 Å². The van der Waals surface area contributed by atoms with Gasteiger partial charge < -0.3 is 5.32 Å². The van der Waals surface area contributed by atoms with Crippen molar-refractivity contribution in [3.63, 3.8) is 0 Å². The summed E-state index contributed by atoms with van der Waals surface area (Å²) in [4.78, 5) is 0. The maximum atomic E-state index is 3.66. The number of hydrogen-bond acceptors (Lipinski definition) is 1. The maximum absolute atomic E-state index is 3.66. The monoisotopic (exact) mass is 281 g/mol. The van der Waals surface area contributed by atoms with Gasteiger partial charge in [-0.2, -0.15) is 0 Å². The molecule has 0 heterocycles. The summed E-state index contributed by atoms with van der Waals surface area (Å²) in [6.07, 6.45) is 4.01. The molecule has 1 nitrogen and oxygen atoms in total. The third-order valence-corrected chi connectivity index (χ3v) is 4.10. The van der Waals surface area contributed by atoms with Crippen LogP contribution in [-0.2, 0) is 0 Å². The molecule has 1 fully saturated rings. The van der Waals surface area contributed by atoms with Gasteiger partial charge in [-0.3, -0.25) is 0 Å². The number of hydrogen-bond donors (Lipinski definition) is 1. The molecule has 2 rings (SSSR count). The van der Waals surface area contributed by atoms with Crippen LogP contribution in [0.25, 0.3) is 0 Å². The van der Waals surface area contributed by atoms with Gasteiger partial charge in [-0.15, -0.1) is 0 Å². The molecule has 0 saturated heterocycles. The molecule has 0 amide bonds. The second-order valence-corrected chi connectivity index (χ2v) is 6.07. The van der Waals surface area contributed by atoms with Crippen molar-refractivity contribution in [1.82, 2.24) is 0 Å². The van der Waals surface area contributed by atoms with E-state index >= 15 is 0 Å². The summed E-state index contributed by atoms with van der Waals surface area (Å²) in [6, 6.07) is 9.10. The molecule has 1 aliphatic rings. The maximum Gasteiger partial charge on any atom is 0.0353 e. The van der Waals surface area contributed by atoms with Crippen LogP contribution < -0.4 is 5.32 Å². The van der Waals surface area contributed by atoms with Crippen LogP contribution in [0.15, 0.2) is 28.7 Å². The van der Waals surface area contributed by atoms with Gasteiger partial charge in [0.25, 0.3) is 0 Å². The Hall–Kier alpha value is -0.500. The normalized spacial score (nSPS) is 30.1. The summed E-state index contributed by atoms with van der Waals surface area (Å²) in [6.45, 7) is 4.73. The lowest BCUT2D eigenvalue weighted by Gasteiger charge is -2.33. The van der Waals surface area contributed by atoms with Gasteiger partial charge in [-0.05, 0) is 49.3 Å². The van der Waals surface area contributed by atoms with Crippen molar-refractivity contribution in [3.05, 3.63) is 28.7 Å². The first kappa shape index (κ1) is 12.0. The van der Waals surface area contributed by atoms with E-state index < -0.39 is 0 Å². The van der Waals surface area contributed by atoms with Crippen molar-refractivity contribution >= 4 is 21.6 Å². The summed E-state index contributed by atoms with van der Waals surface area (Å²) in [7, 11) is 0. The highest BCUT2D eigenvalue weighted by Crippen LogP contribution is 2.31. The fraction of sp³-hybridized carbons (Fsp3) is 0.571. The minimum absolute atomic E-state index is 0.644. The molecule has 1 saturated carbocycles. The predicted molar refractivity (Wildman–Crippen MR) is 73.7 cm³/mol. The zero-order chi connectivity index (χ0) is 11.5. The van der Waals surface area contributed by atoms with E-state index in [0.29, 0.717) is 6.04 Å². The van der Waals surface area contributed by atoms with Gasteiger partial charge in [0.05, 0.1) is 0 Å². The summed E-state index contributed by atoms with van der Waals surface area (Å²) in [5.74, 6) is 1.68. The molecule has 3 atom stereocenters. The van der Waals surface area contributed by atoms with Crippen LogP contribution in [0.1, 0.15) is 33.1 Å². The predicted octanol–water partition coefficient (Wildman–Crippen LogP) is 4.69. The molecular weight excluding hydrogens is 262 g/mol. The van der Waals surface area contributed by atoms with Gasteiger partial charge in [0, 0.05) is 16.2 Å². The van der Waals surface area contributed by atoms with Crippen LogP contribution in [0, 0.1) is 11.8 Å². The molecule has 0 bridgehead atoms. The van der Waals surface area contributed by atoms with Gasteiger partial charge >= 0.3 is 0 Å². The largest absolute Gasteiger partial charge is 0.382 e. The first-order chi connectivity index (χ1) is 7.65. The second-order valence-electron chi connectivity index (χ2n) is 5.16. The third-order valence-electron chi connectivity index (χ3n) is 3.61. The number of benzene rings is 1. The van der Waals surface area contributed by atoms with E-state index in [2.05, 4.69) is 59.4 Å². The van der Waals surface area contributed by atoms with Crippen molar-refractivity contribution in [1.29, 1.82) is 0 Å². The van der Waals surface area contributed by atoms with Crippen LogP contribution in [-0.4, -0.2) is 6.04 Å². The lowest BCUT2D eigenvalue weighted by atomic mass is 9.80. The fourth-order valence-electron chi connectivity index (χ4n) is 2.67. The minimum Gasteiger partial charge on any atom is -0.382 e. The van der Waals surface area contributed by atoms with E-state index in [-0.39, 0.29) is 0 Å². The van der Waals surface area contributed by atoms with Crippen LogP contribution in [0.2, 0.25) is 0 Å². The third kappa shape index (κ3) is 3.00. The molecule has 88 valence electrons. The van der Waals surface area contributed by atoms with E-state index in [9.17, 15) is 0 Å². The topological polar surface area (TPSA) is 12.0 Å². The molecular formula is C14H20BrN. The van der Waals surface area contributed by atoms with Crippen molar-refractivity contribution in [2.45, 2.75) is 39.2 Å². The van der Waals surface area contributed by atoms with Gasteiger partial charge in [-0.1, -0.05) is 35.8 Å². The summed E-state index contributed by atoms with van der Waals surface area (Å²) in [5, 5.41) is 3.66. The molecule has 0 radical (unpaired) electrons. The van der Waals surface area contributed by atoms with Gasteiger partial charge in [0.15, 0.2) is 0 Å². The Bertz CT molecular complexity index is 350. The number of nitrogens with one attached hydrogen (secondary N) is 1. The Balaban J connectivity index is 1.99. The Morgan fingerprint density at radius 2 is 2.06 bits per heavy atom. The van der Waals surface area contributed by atoms with E-state index in [4.69, 9.17) is 0 Å². The highest BCUT2D eigenvalue weighted by molar-refractivity contribution is 9.10. The van der Waals surface area contributed by atoms with Crippen LogP contribution in [0.3, 0.4) is 0 Å². The standard InChI is InChI=1S/C14H20BrN/c1-10-6-7-14(11(2)8-10)16-13-5-3-4-12(15)9-13/h3-5,9-11,14,16H,6-8H2,1-2H3. The Kier molecular flexibility index (Phi) is 3.91. The zero-order valence-corrected chi connectivity index (χ0v) is 11.6. The smallest absolute Gasteiger partial charge is 0.0353 e. The summed E-state index contributed by atoms with van der Waals surface area (Å²) < 4.78 is 1.15. The van der Waals surface area contributed by atoms with Crippen LogP contribution in [0.4, 0.5) is 5.69 Å². The molecule has 1 aliphatic carbocycles. The Morgan fingerprint density at radius 3 is 2.75 bits per heavy atom. The molecule has 1 aromatic rings. The highest BCUT2D eigenvalue weighted by Gasteiger charge is 2.24. The zero-order valence-electron chi connectivity index (χ0n) is 10.0. The second kappa shape index (κ2) is 5.22.